The van der Waals surface area contributed by atoms with E-state index in [1.54, 1.807) is 0 Å². The van der Waals surface area contributed by atoms with E-state index in [4.69, 9.17) is 4.99 Å². The number of benzene rings is 1. The minimum absolute atomic E-state index is 0.926. The highest BCUT2D eigenvalue weighted by atomic mass is 15.4. The van der Waals surface area contributed by atoms with E-state index in [1.807, 2.05) is 35.2 Å². The summed E-state index contributed by atoms with van der Waals surface area (Å²) in [5.41, 5.74) is 4.24. The van der Waals surface area contributed by atoms with E-state index >= 15 is 0 Å². The highest BCUT2D eigenvalue weighted by molar-refractivity contribution is 5.86. The summed E-state index contributed by atoms with van der Waals surface area (Å²) in [4.78, 5) is 4.75. The molecule has 1 aromatic heterocycles. The molecule has 0 radical (unpaired) electrons. The van der Waals surface area contributed by atoms with Gasteiger partial charge in [0.1, 0.15) is 0 Å². The lowest BCUT2D eigenvalue weighted by molar-refractivity contribution is 0.833. The maximum atomic E-state index is 4.75. The molecule has 3 heteroatoms. The smallest absolute Gasteiger partial charge is 0.161 e. The Morgan fingerprint density at radius 1 is 1.17 bits per heavy atom. The fourth-order valence-corrected chi connectivity index (χ4v) is 2.39. The van der Waals surface area contributed by atoms with Crippen LogP contribution in [-0.4, -0.2) is 10.9 Å². The molecule has 1 aliphatic heterocycles. The van der Waals surface area contributed by atoms with Crippen molar-refractivity contribution >= 4 is 18.0 Å². The number of hydrogen-bond acceptors (Lipinski definition) is 2. The summed E-state index contributed by atoms with van der Waals surface area (Å²) in [7, 11) is 0. The Morgan fingerprint density at radius 2 is 2.11 bits per heavy atom. The molecule has 0 saturated carbocycles. The molecule has 2 heterocycles. The first-order chi connectivity index (χ1) is 8.92. The molecule has 0 N–H and O–H groups in total. The van der Waals surface area contributed by atoms with E-state index in [0.29, 0.717) is 0 Å². The number of para-hydroxylation sites is 1. The second kappa shape index (κ2) is 3.53. The Hall–Kier alpha value is -2.42. The zero-order valence-corrected chi connectivity index (χ0v) is 9.74. The van der Waals surface area contributed by atoms with Gasteiger partial charge >= 0.3 is 0 Å². The van der Waals surface area contributed by atoms with Crippen molar-refractivity contribution in [3.63, 3.8) is 0 Å². The summed E-state index contributed by atoms with van der Waals surface area (Å²) in [5, 5.41) is 5.67. The molecule has 86 valence electrons. The van der Waals surface area contributed by atoms with Gasteiger partial charge in [-0.1, -0.05) is 36.4 Å². The summed E-state index contributed by atoms with van der Waals surface area (Å²) in [6.45, 7) is 0. The molecule has 0 amide bonds. The minimum atomic E-state index is 0.926. The average Bonchev–Trinajstić information content (AvgIpc) is 2.65. The first kappa shape index (κ1) is 9.59. The number of allylic oxidation sites excluding steroid dienone is 2. The van der Waals surface area contributed by atoms with Crippen LogP contribution in [0.15, 0.2) is 52.7 Å². The molecule has 0 fully saturated rings. The number of hydrogen-bond donors (Lipinski definition) is 0. The summed E-state index contributed by atoms with van der Waals surface area (Å²) in [6, 6.07) is 8.07. The van der Waals surface area contributed by atoms with Crippen molar-refractivity contribution in [2.75, 3.05) is 0 Å². The topological polar surface area (TPSA) is 29.6 Å². The highest BCUT2D eigenvalue weighted by Crippen LogP contribution is 2.17. The van der Waals surface area contributed by atoms with Gasteiger partial charge in [0.15, 0.2) is 5.49 Å². The van der Waals surface area contributed by atoms with Crippen molar-refractivity contribution in [3.8, 4) is 0 Å². The molecule has 1 aliphatic carbocycles. The first-order valence-corrected chi connectivity index (χ1v) is 6.01. The van der Waals surface area contributed by atoms with E-state index in [-0.39, 0.29) is 0 Å². The fraction of sp³-hybridized carbons (Fsp3) is 0.0667. The average molecular weight is 233 g/mol. The lowest BCUT2D eigenvalue weighted by Gasteiger charge is -1.96. The van der Waals surface area contributed by atoms with Crippen molar-refractivity contribution in [1.82, 2.24) is 4.68 Å². The van der Waals surface area contributed by atoms with Crippen LogP contribution < -0.4 is 10.7 Å². The molecule has 4 rings (SSSR count). The molecule has 0 atom stereocenters. The summed E-state index contributed by atoms with van der Waals surface area (Å²) < 4.78 is 1.87. The molecule has 0 spiro atoms. The van der Waals surface area contributed by atoms with E-state index in [2.05, 4.69) is 29.5 Å². The van der Waals surface area contributed by atoms with Gasteiger partial charge in [-0.05, 0) is 18.1 Å². The van der Waals surface area contributed by atoms with Crippen LogP contribution in [0.25, 0.3) is 6.08 Å². The van der Waals surface area contributed by atoms with Crippen LogP contribution in [0, 0.1) is 0 Å². The van der Waals surface area contributed by atoms with Gasteiger partial charge in [-0.15, -0.1) is 0 Å². The third kappa shape index (κ3) is 1.31. The van der Waals surface area contributed by atoms with Gasteiger partial charge in [0.05, 0.1) is 11.9 Å². The van der Waals surface area contributed by atoms with E-state index in [9.17, 15) is 0 Å². The zero-order valence-electron chi connectivity index (χ0n) is 9.74. The zero-order chi connectivity index (χ0) is 11.9. The van der Waals surface area contributed by atoms with Crippen LogP contribution in [0.2, 0.25) is 0 Å². The largest absolute Gasteiger partial charge is 0.228 e. The van der Waals surface area contributed by atoms with Gasteiger partial charge in [-0.3, -0.25) is 0 Å². The van der Waals surface area contributed by atoms with Gasteiger partial charge < -0.3 is 0 Å². The quantitative estimate of drug-likeness (QED) is 0.563. The molecule has 1 aromatic carbocycles. The monoisotopic (exact) mass is 233 g/mol. The summed E-state index contributed by atoms with van der Waals surface area (Å²) in [6.07, 6.45) is 11.2. The fourth-order valence-electron chi connectivity index (χ4n) is 2.39. The second-order valence-corrected chi connectivity index (χ2v) is 4.45. The third-order valence-corrected chi connectivity index (χ3v) is 3.30. The Balaban J connectivity index is 2.12. The second-order valence-electron chi connectivity index (χ2n) is 4.45. The molecule has 0 saturated heterocycles. The Morgan fingerprint density at radius 3 is 3.11 bits per heavy atom. The van der Waals surface area contributed by atoms with Crippen molar-refractivity contribution in [3.05, 3.63) is 64.4 Å². The van der Waals surface area contributed by atoms with E-state index in [0.717, 1.165) is 23.2 Å². The lowest BCUT2D eigenvalue weighted by Crippen LogP contribution is -2.29. The first-order valence-electron chi connectivity index (χ1n) is 6.01. The van der Waals surface area contributed by atoms with E-state index in [1.165, 1.54) is 10.8 Å². The van der Waals surface area contributed by atoms with Crippen LogP contribution in [-0.2, 0) is 6.42 Å². The Kier molecular flexibility index (Phi) is 1.88. The number of nitrogens with zero attached hydrogens (tertiary/aromatic N) is 3. The van der Waals surface area contributed by atoms with E-state index < -0.39 is 0 Å². The predicted octanol–water partition coefficient (Wildman–Crippen LogP) is 1.53. The number of rotatable bonds is 0. The van der Waals surface area contributed by atoms with Crippen molar-refractivity contribution in [2.24, 2.45) is 10.1 Å². The summed E-state index contributed by atoms with van der Waals surface area (Å²) in [5.74, 6) is 0. The SMILES string of the molecule is C1=CCc2cn3c(c2=C1)=Nc1ccccc1C=N3. The molecule has 2 aliphatic rings. The molecular weight excluding hydrogens is 222 g/mol. The Bertz CT molecular complexity index is 807. The summed E-state index contributed by atoms with van der Waals surface area (Å²) >= 11 is 0. The van der Waals surface area contributed by atoms with Crippen molar-refractivity contribution < 1.29 is 0 Å². The van der Waals surface area contributed by atoms with Crippen LogP contribution in [0.5, 0.6) is 0 Å². The van der Waals surface area contributed by atoms with Gasteiger partial charge in [0, 0.05) is 17.0 Å². The van der Waals surface area contributed by atoms with Gasteiger partial charge in [0.25, 0.3) is 0 Å². The highest BCUT2D eigenvalue weighted by Gasteiger charge is 2.09. The molecule has 0 bridgehead atoms. The van der Waals surface area contributed by atoms with Gasteiger partial charge in [0.2, 0.25) is 0 Å². The standard InChI is InChI=1S/C15H11N3/c1-3-7-13-12(6-1)10-18-15(13)17-14-8-4-2-5-11(14)9-16-18/h1-5,7-10H,6H2. The molecule has 0 unspecified atom stereocenters. The maximum Gasteiger partial charge on any atom is 0.161 e. The molecule has 2 aromatic rings. The predicted molar refractivity (Wildman–Crippen MR) is 71.6 cm³/mol. The van der Waals surface area contributed by atoms with Gasteiger partial charge in [-0.2, -0.15) is 5.10 Å². The normalized spacial score (nSPS) is 14.9. The lowest BCUT2D eigenvalue weighted by atomic mass is 10.1. The van der Waals surface area contributed by atoms with Crippen LogP contribution >= 0.6 is 0 Å². The van der Waals surface area contributed by atoms with Crippen LogP contribution in [0.1, 0.15) is 11.1 Å². The third-order valence-electron chi connectivity index (χ3n) is 3.30. The molecule has 3 nitrogen and oxygen atoms in total. The maximum absolute atomic E-state index is 4.75. The molecular formula is C15H11N3. The minimum Gasteiger partial charge on any atom is -0.228 e. The Labute approximate surface area is 104 Å². The van der Waals surface area contributed by atoms with Crippen LogP contribution in [0.4, 0.5) is 5.69 Å². The van der Waals surface area contributed by atoms with Crippen molar-refractivity contribution in [2.45, 2.75) is 6.42 Å². The number of fused-ring (bicyclic) bond motifs is 4. The van der Waals surface area contributed by atoms with Crippen molar-refractivity contribution in [1.29, 1.82) is 0 Å². The van der Waals surface area contributed by atoms with Gasteiger partial charge in [-0.25, -0.2) is 9.67 Å². The van der Waals surface area contributed by atoms with Crippen LogP contribution in [0.3, 0.4) is 0 Å². The number of aromatic nitrogens is 1. The molecule has 18 heavy (non-hydrogen) atoms.